The molecule has 0 aliphatic carbocycles. The van der Waals surface area contributed by atoms with Crippen molar-refractivity contribution in [1.82, 2.24) is 5.06 Å². The van der Waals surface area contributed by atoms with E-state index in [1.165, 1.54) is 6.07 Å². The maximum atomic E-state index is 14.1. The Morgan fingerprint density at radius 1 is 0.902 bits per heavy atom. The van der Waals surface area contributed by atoms with Gasteiger partial charge in [0.25, 0.3) is 11.8 Å². The van der Waals surface area contributed by atoms with Gasteiger partial charge in [0.2, 0.25) is 0 Å². The van der Waals surface area contributed by atoms with Crippen molar-refractivity contribution in [3.8, 4) is 11.8 Å². The summed E-state index contributed by atoms with van der Waals surface area (Å²) in [6.45, 7) is 1.39. The lowest BCUT2D eigenvalue weighted by Crippen LogP contribution is -2.64. The summed E-state index contributed by atoms with van der Waals surface area (Å²) in [7, 11) is -7.58. The fraction of sp³-hybridized carbons (Fsp3) is 0.348. The van der Waals surface area contributed by atoms with Crippen LogP contribution in [0.1, 0.15) is 46.0 Å². The summed E-state index contributed by atoms with van der Waals surface area (Å²) in [6, 6.07) is 5.38. The predicted octanol–water partition coefficient (Wildman–Crippen LogP) is 4.82. The molecule has 0 radical (unpaired) electrons. The second-order valence-electron chi connectivity index (χ2n) is 8.20. The zero-order chi connectivity index (χ0) is 31.2. The maximum absolute atomic E-state index is 14.1. The van der Waals surface area contributed by atoms with Crippen LogP contribution >= 0.6 is 0 Å². The van der Waals surface area contributed by atoms with Gasteiger partial charge in [0.1, 0.15) is 0 Å². The van der Waals surface area contributed by atoms with Crippen LogP contribution in [-0.4, -0.2) is 61.1 Å². The molecular weight excluding hydrogens is 605 g/mol. The number of carbonyl (C=O) groups excluding carboxylic acids is 3. The molecule has 2 aromatic rings. The molecule has 0 saturated carbocycles. The fourth-order valence-corrected chi connectivity index (χ4v) is 4.31. The van der Waals surface area contributed by atoms with Gasteiger partial charge in [-0.15, -0.1) is 9.35 Å². The summed E-state index contributed by atoms with van der Waals surface area (Å²) < 4.78 is 151. The average molecular weight is 619 g/mol. The molecule has 0 bridgehead atoms. The Hall–Kier alpha value is -3.85. The molecule has 0 fully saturated rings. The van der Waals surface area contributed by atoms with Crippen LogP contribution in [0.3, 0.4) is 0 Å². The minimum Gasteiger partial charge on any atom is -0.452 e. The molecule has 1 heterocycles. The molecule has 0 aromatic heterocycles. The zero-order valence-electron chi connectivity index (χ0n) is 20.1. The topological polar surface area (TPSA) is 107 Å². The van der Waals surface area contributed by atoms with Crippen molar-refractivity contribution in [2.45, 2.75) is 43.0 Å². The number of benzene rings is 2. The fourth-order valence-electron chi connectivity index (χ4n) is 3.44. The molecule has 8 nitrogen and oxygen atoms in total. The minimum atomic E-state index is -7.64. The highest BCUT2D eigenvalue weighted by Gasteiger charge is 2.86. The van der Waals surface area contributed by atoms with Gasteiger partial charge in [-0.25, -0.2) is 0 Å². The van der Waals surface area contributed by atoms with Gasteiger partial charge in [0.05, 0.1) is 11.1 Å². The van der Waals surface area contributed by atoms with E-state index in [-0.39, 0.29) is 29.4 Å². The molecule has 1 aliphatic rings. The van der Waals surface area contributed by atoms with Gasteiger partial charge < -0.3 is 4.74 Å². The van der Waals surface area contributed by atoms with Crippen LogP contribution < -0.4 is 0 Å². The number of ether oxygens (including phenoxy) is 1. The molecule has 0 saturated heterocycles. The standard InChI is InChI=1S/C23H14F9NO7S/c1-2-5-16(34)39-11-4-6-12-9-10-15-17-13(12)7-3-8-14(17)18(35)33(19(15)36)40-41(37,38)23(31,32)21(26,27)20(24,25)22(28,29)30/h3,7-10H,2,5,11H2,1H3. The highest BCUT2D eigenvalue weighted by Crippen LogP contribution is 2.55. The lowest BCUT2D eigenvalue weighted by molar-refractivity contribution is -0.383. The molecule has 2 amide bonds. The molecular formula is C23H14F9NO7S. The Kier molecular flexibility index (Phi) is 8.13. The number of halogens is 9. The van der Waals surface area contributed by atoms with Crippen molar-refractivity contribution in [3.05, 3.63) is 47.0 Å². The highest BCUT2D eigenvalue weighted by molar-refractivity contribution is 7.87. The molecule has 2 aromatic carbocycles. The Morgan fingerprint density at radius 2 is 1.49 bits per heavy atom. The molecule has 1 aliphatic heterocycles. The number of hydroxylamine groups is 2. The number of alkyl halides is 9. The van der Waals surface area contributed by atoms with Crippen molar-refractivity contribution >= 4 is 38.7 Å². The van der Waals surface area contributed by atoms with E-state index in [2.05, 4.69) is 16.1 Å². The van der Waals surface area contributed by atoms with Gasteiger partial charge in [-0.05, 0) is 30.0 Å². The van der Waals surface area contributed by atoms with E-state index in [4.69, 9.17) is 4.74 Å². The van der Waals surface area contributed by atoms with Crippen molar-refractivity contribution in [2.75, 3.05) is 6.61 Å². The monoisotopic (exact) mass is 619 g/mol. The zero-order valence-corrected chi connectivity index (χ0v) is 20.9. The molecule has 0 unspecified atom stereocenters. The minimum absolute atomic E-state index is 0.0540. The first kappa shape index (κ1) is 31.7. The van der Waals surface area contributed by atoms with Crippen LogP contribution in [-0.2, 0) is 23.9 Å². The lowest BCUT2D eigenvalue weighted by Gasteiger charge is -2.33. The van der Waals surface area contributed by atoms with E-state index < -0.39 is 67.4 Å². The second kappa shape index (κ2) is 10.5. The van der Waals surface area contributed by atoms with E-state index in [1.807, 2.05) is 0 Å². The second-order valence-corrected chi connectivity index (χ2v) is 9.77. The summed E-state index contributed by atoms with van der Waals surface area (Å²) >= 11 is 0. The van der Waals surface area contributed by atoms with Crippen molar-refractivity contribution < 1.29 is 71.3 Å². The van der Waals surface area contributed by atoms with Gasteiger partial charge in [-0.3, -0.25) is 14.4 Å². The third-order valence-electron chi connectivity index (χ3n) is 5.46. The van der Waals surface area contributed by atoms with E-state index in [9.17, 15) is 62.3 Å². The predicted molar refractivity (Wildman–Crippen MR) is 118 cm³/mol. The van der Waals surface area contributed by atoms with E-state index in [1.54, 1.807) is 6.92 Å². The SMILES string of the molecule is CCCC(=O)OCC#Cc1ccc2c3c(cccc13)C(=O)N(OS(=O)(=O)C(F)(F)C(F)(F)C(F)(F)C(F)(F)F)C2=O. The molecule has 0 N–H and O–H groups in total. The summed E-state index contributed by atoms with van der Waals surface area (Å²) in [5, 5.41) is -8.47. The Bertz CT molecular complexity index is 1570. The Balaban J connectivity index is 1.99. The van der Waals surface area contributed by atoms with Crippen molar-refractivity contribution in [1.29, 1.82) is 0 Å². The molecule has 18 heteroatoms. The number of esters is 1. The van der Waals surface area contributed by atoms with Crippen LogP contribution in [0, 0.1) is 11.8 Å². The van der Waals surface area contributed by atoms with Crippen LogP contribution in [0.25, 0.3) is 10.8 Å². The first-order chi connectivity index (χ1) is 18.7. The quantitative estimate of drug-likeness (QED) is 0.181. The first-order valence-electron chi connectivity index (χ1n) is 11.0. The number of imide groups is 1. The largest absolute Gasteiger partial charge is 0.460 e. The maximum Gasteiger partial charge on any atom is 0.460 e. The van der Waals surface area contributed by atoms with E-state index in [0.717, 1.165) is 24.3 Å². The van der Waals surface area contributed by atoms with Crippen LogP contribution in [0.4, 0.5) is 39.5 Å². The molecule has 41 heavy (non-hydrogen) atoms. The molecule has 0 atom stereocenters. The van der Waals surface area contributed by atoms with Crippen LogP contribution in [0.5, 0.6) is 0 Å². The summed E-state index contributed by atoms with van der Waals surface area (Å²) in [5.74, 6) is -14.4. The molecule has 222 valence electrons. The Labute approximate surface area is 224 Å². The highest BCUT2D eigenvalue weighted by atomic mass is 32.2. The van der Waals surface area contributed by atoms with Gasteiger partial charge >= 0.3 is 39.4 Å². The van der Waals surface area contributed by atoms with Crippen LogP contribution in [0.15, 0.2) is 30.3 Å². The van der Waals surface area contributed by atoms with Crippen LogP contribution in [0.2, 0.25) is 0 Å². The van der Waals surface area contributed by atoms with Gasteiger partial charge in [0, 0.05) is 17.4 Å². The number of hydrogen-bond acceptors (Lipinski definition) is 7. The number of amides is 2. The average Bonchev–Trinajstić information content (AvgIpc) is 2.87. The summed E-state index contributed by atoms with van der Waals surface area (Å²) in [6.07, 6.45) is -6.68. The lowest BCUT2D eigenvalue weighted by atomic mass is 9.92. The molecule has 3 rings (SSSR count). The number of rotatable bonds is 8. The van der Waals surface area contributed by atoms with Crippen molar-refractivity contribution in [2.24, 2.45) is 0 Å². The smallest absolute Gasteiger partial charge is 0.452 e. The number of carbonyl (C=O) groups is 3. The number of nitrogens with zero attached hydrogens (tertiary/aromatic N) is 1. The van der Waals surface area contributed by atoms with Gasteiger partial charge in [-0.1, -0.05) is 30.9 Å². The third kappa shape index (κ3) is 5.19. The normalized spacial score (nSPS) is 14.6. The third-order valence-corrected chi connectivity index (χ3v) is 6.69. The summed E-state index contributed by atoms with van der Waals surface area (Å²) in [5.41, 5.74) is -1.15. The first-order valence-corrected chi connectivity index (χ1v) is 12.4. The van der Waals surface area contributed by atoms with Gasteiger partial charge in [-0.2, -0.15) is 47.9 Å². The summed E-state index contributed by atoms with van der Waals surface area (Å²) in [4.78, 5) is 37.0. The molecule has 0 spiro atoms. The Morgan fingerprint density at radius 3 is 2.05 bits per heavy atom. The van der Waals surface area contributed by atoms with E-state index in [0.29, 0.717) is 6.42 Å². The number of hydrogen-bond donors (Lipinski definition) is 0. The van der Waals surface area contributed by atoms with E-state index >= 15 is 0 Å². The van der Waals surface area contributed by atoms with Gasteiger partial charge in [0.15, 0.2) is 6.61 Å². The van der Waals surface area contributed by atoms with Crippen molar-refractivity contribution in [3.63, 3.8) is 0 Å².